The van der Waals surface area contributed by atoms with E-state index >= 15 is 4.79 Å². The largest absolute Gasteiger partial charge is 0.462 e. The van der Waals surface area contributed by atoms with E-state index in [0.717, 1.165) is 11.9 Å². The second-order valence-corrected chi connectivity index (χ2v) is 42.1. The Morgan fingerprint density at radius 1 is 0.496 bits per heavy atom. The summed E-state index contributed by atoms with van der Waals surface area (Å²) in [7, 11) is 0. The van der Waals surface area contributed by atoms with Gasteiger partial charge in [0.05, 0.1) is 107 Å². The van der Waals surface area contributed by atoms with Crippen molar-refractivity contribution in [3.8, 4) is 0 Å². The topological polar surface area (TPSA) is 679 Å². The van der Waals surface area contributed by atoms with Crippen LogP contribution >= 0.6 is 0 Å². The highest BCUT2D eigenvalue weighted by Crippen LogP contribution is 2.76. The second-order valence-electron chi connectivity index (χ2n) is 42.1. The molecule has 22 N–H and O–H groups in total. The molecule has 12 fully saturated rings. The minimum atomic E-state index is -2.19. The highest BCUT2D eigenvalue weighted by molar-refractivity contribution is 5.80. The van der Waals surface area contributed by atoms with E-state index < -0.39 is 372 Å². The van der Waals surface area contributed by atoms with Crippen LogP contribution in [-0.4, -0.2) is 428 Å². The lowest BCUT2D eigenvalue weighted by Crippen LogP contribution is -2.69. The van der Waals surface area contributed by atoms with Gasteiger partial charge in [0.25, 0.3) is 0 Å². The van der Waals surface area contributed by atoms with Crippen molar-refractivity contribution in [1.29, 1.82) is 0 Å². The maximum atomic E-state index is 16.3. The third-order valence-corrected chi connectivity index (χ3v) is 32.9. The van der Waals surface area contributed by atoms with E-state index in [0.29, 0.717) is 51.4 Å². The number of rotatable bonds is 34. The molecule has 0 amide bonds. The lowest BCUT2D eigenvalue weighted by molar-refractivity contribution is -0.384. The number of ether oxygens (including phenoxy) is 18. The molecule has 13 aliphatic rings. The van der Waals surface area contributed by atoms with Gasteiger partial charge in [0, 0.05) is 12.8 Å². The Balaban J connectivity index is 0.739. The van der Waals surface area contributed by atoms with Gasteiger partial charge in [-0.1, -0.05) is 93.7 Å². The summed E-state index contributed by atoms with van der Waals surface area (Å²) in [5.41, 5.74) is -7.15. The monoisotopic (exact) mass is 1940 g/mol. The van der Waals surface area contributed by atoms with Crippen molar-refractivity contribution in [3.05, 3.63) is 11.6 Å². The van der Waals surface area contributed by atoms with Gasteiger partial charge in [-0.05, 0) is 123 Å². The zero-order chi connectivity index (χ0) is 98.9. The highest BCUT2D eigenvalue weighted by Gasteiger charge is 2.74. The smallest absolute Gasteiger partial charge is 0.317 e. The van der Waals surface area contributed by atoms with E-state index in [2.05, 4.69) is 40.7 Å². The maximum absolute atomic E-state index is 16.3. The minimum absolute atomic E-state index is 0.00868. The molecule has 0 radical (unpaired) electrons. The quantitative estimate of drug-likeness (QED) is 0.00942. The van der Waals surface area contributed by atoms with Crippen LogP contribution in [0.25, 0.3) is 0 Å². The molecule has 19 unspecified atom stereocenters. The van der Waals surface area contributed by atoms with Crippen LogP contribution in [-0.2, 0) is 104 Å². The number of fused-ring (bicyclic) bond motifs is 7. The number of aliphatic hydroxyl groups is 22. The molecule has 0 bridgehead atoms. The summed E-state index contributed by atoms with van der Waals surface area (Å²) in [6.45, 7) is 17.7. The predicted octanol–water partition coefficient (Wildman–Crippen LogP) is -5.14. The Kier molecular flexibility index (Phi) is 34.9. The number of aliphatic hydroxyl groups excluding tert-OH is 21. The molecule has 776 valence electrons. The molecule has 8 saturated heterocycles. The van der Waals surface area contributed by atoms with Gasteiger partial charge in [-0.25, -0.2) is 0 Å². The third kappa shape index (κ3) is 21.2. The Labute approximate surface area is 782 Å². The molecule has 5 aliphatic carbocycles. The van der Waals surface area contributed by atoms with Gasteiger partial charge in [-0.3, -0.25) is 14.4 Å². The average Bonchev–Trinajstić information content (AvgIpc) is 0.905. The van der Waals surface area contributed by atoms with E-state index in [-0.39, 0.29) is 43.9 Å². The SMILES string of the molecule is CC[C@H](C)[C@H](C[C@H](O)CC(=O)O[C@H]1C(C)O[C@@H](OC(=O)[C@]23CCC(C)(C)CC2C2=CCC4C5(C)CC[C@H](O[C@@H]6OC[C@@H](O)[C@H](O[C@@H]7OC[C@@H](O)[C@H](O)C7O)C6O[C@@H]6OC(CO)[C@H](O)[C@H](O)C6O)[C@](C)(C=O)[C@@H]5CC[C@]4(C)[C@]2(C)CC3O)C(O[C@@H]2OC(C)[C@H](O[C@@H]3OC[C@@H](O)C(O[C@@H]4OCC(O)(CO)[C@@H]4O)C3O)C(O)C2O)C1O)OC(=O)C[C@@H](O)C[C@H](O[C@@H]1O[C@H](CO)C(O)C1O)[C@@H](C)CC. The van der Waals surface area contributed by atoms with Gasteiger partial charge in [0.1, 0.15) is 152 Å². The number of carbonyl (C=O) groups excluding carboxylic acids is 4. The summed E-state index contributed by atoms with van der Waals surface area (Å²) in [4.78, 5) is 58.8. The minimum Gasteiger partial charge on any atom is -0.462 e. The first-order chi connectivity index (χ1) is 63.5. The molecular weight excluding hydrogens is 1800 g/mol. The van der Waals surface area contributed by atoms with Crippen molar-refractivity contribution in [2.75, 3.05) is 46.2 Å². The molecule has 4 saturated carbocycles. The molecule has 44 heteroatoms. The number of esters is 3. The first-order valence-electron chi connectivity index (χ1n) is 47.7. The molecule has 135 heavy (non-hydrogen) atoms. The van der Waals surface area contributed by atoms with Gasteiger partial charge in [-0.15, -0.1) is 0 Å². The summed E-state index contributed by atoms with van der Waals surface area (Å²) in [5, 5.41) is 245. The fourth-order valence-electron chi connectivity index (χ4n) is 23.9. The van der Waals surface area contributed by atoms with Crippen LogP contribution in [0, 0.1) is 62.1 Å². The first-order valence-corrected chi connectivity index (χ1v) is 47.7. The number of hydrogen-bond acceptors (Lipinski definition) is 44. The van der Waals surface area contributed by atoms with E-state index in [1.54, 1.807) is 20.8 Å². The summed E-state index contributed by atoms with van der Waals surface area (Å²) in [6, 6.07) is 0. The fourth-order valence-corrected chi connectivity index (χ4v) is 23.9. The zero-order valence-corrected chi connectivity index (χ0v) is 78.4. The van der Waals surface area contributed by atoms with E-state index in [9.17, 15) is 127 Å². The fraction of sp³-hybridized carbons (Fsp3) is 0.934. The van der Waals surface area contributed by atoms with Crippen LogP contribution in [0.3, 0.4) is 0 Å². The Morgan fingerprint density at radius 2 is 1.03 bits per heavy atom. The second kappa shape index (κ2) is 43.3. The van der Waals surface area contributed by atoms with Gasteiger partial charge < -0.3 is 202 Å². The molecule has 8 aliphatic heterocycles. The Bertz CT molecular complexity index is 3950. The van der Waals surface area contributed by atoms with Crippen molar-refractivity contribution < 1.29 is 217 Å². The van der Waals surface area contributed by atoms with E-state index in [1.807, 2.05) is 13.8 Å². The molecule has 50 atom stereocenters. The summed E-state index contributed by atoms with van der Waals surface area (Å²) < 4.78 is 109. The van der Waals surface area contributed by atoms with Crippen molar-refractivity contribution in [3.63, 3.8) is 0 Å². The van der Waals surface area contributed by atoms with Crippen molar-refractivity contribution in [2.24, 2.45) is 62.1 Å². The Morgan fingerprint density at radius 3 is 1.67 bits per heavy atom. The van der Waals surface area contributed by atoms with Crippen LogP contribution in [0.5, 0.6) is 0 Å². The van der Waals surface area contributed by atoms with Crippen molar-refractivity contribution in [1.82, 2.24) is 0 Å². The third-order valence-electron chi connectivity index (χ3n) is 32.9. The number of hydrogen-bond donors (Lipinski definition) is 22. The van der Waals surface area contributed by atoms with Gasteiger partial charge >= 0.3 is 17.9 Å². The van der Waals surface area contributed by atoms with Gasteiger partial charge in [-0.2, -0.15) is 0 Å². The van der Waals surface area contributed by atoms with Crippen LogP contribution in [0.15, 0.2) is 11.6 Å². The predicted molar refractivity (Wildman–Crippen MR) is 451 cm³/mol. The van der Waals surface area contributed by atoms with Crippen LogP contribution in [0.4, 0.5) is 0 Å². The van der Waals surface area contributed by atoms with Crippen LogP contribution in [0.2, 0.25) is 0 Å². The number of aldehydes is 1. The normalized spacial score (nSPS) is 49.0. The number of allylic oxidation sites excluding steroid dienone is 2. The summed E-state index contributed by atoms with van der Waals surface area (Å²) >= 11 is 0. The zero-order valence-electron chi connectivity index (χ0n) is 78.4. The van der Waals surface area contributed by atoms with Gasteiger partial charge in [0.15, 0.2) is 56.2 Å². The van der Waals surface area contributed by atoms with Gasteiger partial charge in [0.2, 0.25) is 6.29 Å². The molecule has 0 aromatic carbocycles. The van der Waals surface area contributed by atoms with E-state index in [1.165, 1.54) is 13.8 Å². The lowest BCUT2D eigenvalue weighted by Gasteiger charge is -2.71. The van der Waals surface area contributed by atoms with Crippen molar-refractivity contribution in [2.45, 2.75) is 425 Å². The molecular formula is C91H148O44. The average molecular weight is 1950 g/mol. The van der Waals surface area contributed by atoms with Crippen LogP contribution < -0.4 is 0 Å². The lowest BCUT2D eigenvalue weighted by atomic mass is 9.33. The highest BCUT2D eigenvalue weighted by atomic mass is 16.8. The first kappa shape index (κ1) is 109. The molecule has 44 nitrogen and oxygen atoms in total. The molecule has 0 aromatic heterocycles. The van der Waals surface area contributed by atoms with E-state index in [4.69, 9.17) is 85.3 Å². The van der Waals surface area contributed by atoms with Crippen LogP contribution in [0.1, 0.15) is 179 Å². The standard InChI is InChI=1S/C91H148O44/c1-13-37(3)48(124-56(102)25-42(97)24-49(38(4)14-2)125-79-64(110)60(106)51(30-93)126-79)23-41(96)26-57(103)129-70-40(6)123-82(73(67(70)113)133-78-66(112)62(108)69(39(5)122-78)130-77-68(114)71(46(99)32-119-77)131-83-75(115)90(117,35-95)36-121-83)135-84(116)91-22-21-85(7,8)27-44(91)43-15-16-53-86(9)19-18-55(87(10,34-94)52(86)17-20-88(53,11)89(43,12)28-54(91)101)128-81-74(134-80-65(111)61(107)59(105)50(29-92)127-80)72(47(100)33-120-81)132-76-63(109)58(104)45(98)31-118-76/h15,34,37-42,44-55,58-83,92-93,95-101,104-115,117H,13-14,16-33,35-36H2,1-12H3/t37-,38-,39?,40?,41-,42-,44?,45+,46+,47+,48-,49-,50?,51+,52+,53?,54?,55-,58-,59-,60?,61-,62?,63?,64?,65?,66?,67?,68?,69-,70-,71?,72-,73?,74?,75+,76-,77-,78-,79+,80-,81-,82-,83-,86?,87+,88-,89+,90?,91+/m0/s1. The maximum Gasteiger partial charge on any atom is 0.317 e. The Hall–Kier alpha value is -3.66. The molecule has 0 spiro atoms. The number of carbonyl (C=O) groups is 4. The molecule has 13 rings (SSSR count). The molecule has 8 heterocycles. The molecule has 0 aromatic rings. The summed E-state index contributed by atoms with van der Waals surface area (Å²) in [6.07, 6.45) is -59.8. The van der Waals surface area contributed by atoms with Crippen molar-refractivity contribution >= 4 is 24.2 Å². The summed E-state index contributed by atoms with van der Waals surface area (Å²) in [5.74, 6) is -5.14.